The van der Waals surface area contributed by atoms with Crippen molar-refractivity contribution < 1.29 is 22.0 Å². The number of nitrogens with one attached hydrogen (secondary N) is 2. The molecular formula is C19H15F2N5O3S2. The second-order valence-electron chi connectivity index (χ2n) is 6.60. The van der Waals surface area contributed by atoms with Crippen molar-refractivity contribution in [2.24, 2.45) is 0 Å². The van der Waals surface area contributed by atoms with Crippen molar-refractivity contribution in [3.8, 4) is 10.6 Å². The predicted octanol–water partition coefficient (Wildman–Crippen LogP) is 3.74. The Morgan fingerprint density at radius 3 is 2.81 bits per heavy atom. The van der Waals surface area contributed by atoms with Gasteiger partial charge in [0.05, 0.1) is 17.0 Å². The predicted molar refractivity (Wildman–Crippen MR) is 112 cm³/mol. The Morgan fingerprint density at radius 2 is 2.10 bits per heavy atom. The molecule has 0 saturated carbocycles. The molecule has 8 nitrogen and oxygen atoms in total. The molecule has 0 unspecified atom stereocenters. The first-order chi connectivity index (χ1) is 14.8. The second-order valence-corrected chi connectivity index (χ2v) is 9.28. The van der Waals surface area contributed by atoms with Crippen molar-refractivity contribution >= 4 is 43.9 Å². The monoisotopic (exact) mass is 463 g/mol. The zero-order chi connectivity index (χ0) is 22.2. The maximum atomic E-state index is 15.0. The van der Waals surface area contributed by atoms with Crippen LogP contribution in [0.15, 0.2) is 36.1 Å². The molecule has 0 aliphatic heterocycles. The molecule has 0 bridgehead atoms. The van der Waals surface area contributed by atoms with E-state index < -0.39 is 38.7 Å². The zero-order valence-corrected chi connectivity index (χ0v) is 17.7. The van der Waals surface area contributed by atoms with Crippen LogP contribution in [-0.2, 0) is 10.0 Å². The average Bonchev–Trinajstić information content (AvgIpc) is 3.39. The number of benzene rings is 1. The molecular weight excluding hydrogens is 448 g/mol. The lowest BCUT2D eigenvalue weighted by Gasteiger charge is -2.11. The number of H-pyrrole nitrogens is 1. The molecule has 2 N–H and O–H groups in total. The molecule has 3 heterocycles. The summed E-state index contributed by atoms with van der Waals surface area (Å²) in [6.45, 7) is 1.65. The van der Waals surface area contributed by atoms with Gasteiger partial charge in [-0.15, -0.1) is 10.2 Å². The fraction of sp³-hybridized carbons (Fsp3) is 0.158. The molecule has 160 valence electrons. The topological polar surface area (TPSA) is 118 Å². The lowest BCUT2D eigenvalue weighted by atomic mass is 10.0. The summed E-state index contributed by atoms with van der Waals surface area (Å²) in [6, 6.07) is 3.41. The van der Waals surface area contributed by atoms with Crippen LogP contribution in [0, 0.1) is 11.6 Å². The Hall–Kier alpha value is -3.25. The summed E-state index contributed by atoms with van der Waals surface area (Å²) in [7, 11) is -3.83. The standard InChI is InChI=1S/C19H15F2N5O3S2/c1-2-5-31(28,29)26-14-4-3-13(20)15(16(14)21)17(27)12-8-23-18-11(12)6-10(7-22-18)19-25-24-9-30-19/h3-4,6-9,26H,2,5H2,1H3,(H,22,23). The summed E-state index contributed by atoms with van der Waals surface area (Å²) >= 11 is 1.27. The van der Waals surface area contributed by atoms with Crippen LogP contribution in [0.2, 0.25) is 0 Å². The van der Waals surface area contributed by atoms with Gasteiger partial charge in [-0.25, -0.2) is 22.2 Å². The Bertz CT molecular complexity index is 1390. The Balaban J connectivity index is 1.79. The number of nitrogens with zero attached hydrogens (tertiary/aromatic N) is 3. The van der Waals surface area contributed by atoms with Crippen molar-refractivity contribution in [2.45, 2.75) is 13.3 Å². The SMILES string of the molecule is CCCS(=O)(=O)Nc1ccc(F)c(C(=O)c2c[nH]c3ncc(-c4nncs4)cc23)c1F. The third-order valence-corrected chi connectivity index (χ3v) is 6.66. The Labute approximate surface area is 179 Å². The van der Waals surface area contributed by atoms with Gasteiger partial charge in [0.2, 0.25) is 15.8 Å². The highest BCUT2D eigenvalue weighted by Crippen LogP contribution is 2.29. The van der Waals surface area contributed by atoms with Crippen molar-refractivity contribution in [3.63, 3.8) is 0 Å². The Morgan fingerprint density at radius 1 is 1.29 bits per heavy atom. The van der Waals surface area contributed by atoms with Gasteiger partial charge in [-0.1, -0.05) is 18.3 Å². The molecule has 31 heavy (non-hydrogen) atoms. The van der Waals surface area contributed by atoms with Gasteiger partial charge in [-0.2, -0.15) is 0 Å². The number of carbonyl (C=O) groups excluding carboxylic acids is 1. The Kier molecular flexibility index (Phi) is 5.50. The molecule has 0 radical (unpaired) electrons. The highest BCUT2D eigenvalue weighted by atomic mass is 32.2. The van der Waals surface area contributed by atoms with E-state index in [1.54, 1.807) is 18.5 Å². The van der Waals surface area contributed by atoms with Crippen LogP contribution in [0.4, 0.5) is 14.5 Å². The molecule has 0 aliphatic rings. The number of anilines is 1. The quantitative estimate of drug-likeness (QED) is 0.403. The lowest BCUT2D eigenvalue weighted by molar-refractivity contribution is 0.103. The second kappa shape index (κ2) is 8.12. The molecule has 4 rings (SSSR count). The molecule has 1 aromatic carbocycles. The van der Waals surface area contributed by atoms with Crippen LogP contribution >= 0.6 is 11.3 Å². The first-order valence-electron chi connectivity index (χ1n) is 9.07. The minimum absolute atomic E-state index is 0.0137. The number of aromatic nitrogens is 4. The number of sulfonamides is 1. The van der Waals surface area contributed by atoms with Crippen LogP contribution in [0.25, 0.3) is 21.6 Å². The van der Waals surface area contributed by atoms with Crippen molar-refractivity contribution in [3.05, 3.63) is 58.9 Å². The summed E-state index contributed by atoms with van der Waals surface area (Å²) in [5.41, 5.74) is 1.10. The summed E-state index contributed by atoms with van der Waals surface area (Å²) in [5.74, 6) is -3.58. The summed E-state index contributed by atoms with van der Waals surface area (Å²) in [6.07, 6.45) is 3.15. The van der Waals surface area contributed by atoms with E-state index in [2.05, 4.69) is 24.9 Å². The highest BCUT2D eigenvalue weighted by Gasteiger charge is 2.26. The van der Waals surface area contributed by atoms with E-state index in [-0.39, 0.29) is 11.3 Å². The van der Waals surface area contributed by atoms with Gasteiger partial charge in [0.25, 0.3) is 0 Å². The third kappa shape index (κ3) is 4.03. The molecule has 0 amide bonds. The molecule has 12 heteroatoms. The normalized spacial score (nSPS) is 11.7. The number of fused-ring (bicyclic) bond motifs is 1. The van der Waals surface area contributed by atoms with Crippen LogP contribution < -0.4 is 4.72 Å². The van der Waals surface area contributed by atoms with E-state index in [1.807, 2.05) is 0 Å². The van der Waals surface area contributed by atoms with Crippen LogP contribution in [-0.4, -0.2) is 40.1 Å². The van der Waals surface area contributed by atoms with Crippen molar-refractivity contribution in [1.82, 2.24) is 20.2 Å². The van der Waals surface area contributed by atoms with Gasteiger partial charge >= 0.3 is 0 Å². The van der Waals surface area contributed by atoms with Gasteiger partial charge in [0, 0.05) is 28.9 Å². The van der Waals surface area contributed by atoms with Gasteiger partial charge in [-0.3, -0.25) is 9.52 Å². The van der Waals surface area contributed by atoms with E-state index in [9.17, 15) is 17.6 Å². The number of ketones is 1. The number of carbonyl (C=O) groups is 1. The molecule has 4 aromatic rings. The first-order valence-corrected chi connectivity index (χ1v) is 11.6. The van der Waals surface area contributed by atoms with Gasteiger partial charge in [0.1, 0.15) is 22.0 Å². The number of aromatic amines is 1. The first kappa shape index (κ1) is 21.0. The molecule has 3 aromatic heterocycles. The van der Waals surface area contributed by atoms with E-state index in [0.29, 0.717) is 28.0 Å². The van der Waals surface area contributed by atoms with Crippen molar-refractivity contribution in [1.29, 1.82) is 0 Å². The lowest BCUT2D eigenvalue weighted by Crippen LogP contribution is -2.18. The molecule has 0 aliphatic carbocycles. The van der Waals surface area contributed by atoms with E-state index in [0.717, 1.165) is 12.1 Å². The third-order valence-electron chi connectivity index (χ3n) is 4.44. The van der Waals surface area contributed by atoms with E-state index in [4.69, 9.17) is 0 Å². The fourth-order valence-corrected chi connectivity index (χ4v) is 4.74. The molecule has 0 spiro atoms. The number of pyridine rings is 1. The fourth-order valence-electron chi connectivity index (χ4n) is 3.07. The number of halogens is 2. The number of hydrogen-bond donors (Lipinski definition) is 2. The minimum Gasteiger partial charge on any atom is -0.345 e. The summed E-state index contributed by atoms with van der Waals surface area (Å²) < 4.78 is 55.5. The largest absolute Gasteiger partial charge is 0.345 e. The van der Waals surface area contributed by atoms with E-state index in [1.165, 1.54) is 23.7 Å². The zero-order valence-electron chi connectivity index (χ0n) is 16.0. The molecule has 0 saturated heterocycles. The van der Waals surface area contributed by atoms with Gasteiger partial charge in [0.15, 0.2) is 5.82 Å². The summed E-state index contributed by atoms with van der Waals surface area (Å²) in [4.78, 5) is 20.1. The van der Waals surface area contributed by atoms with E-state index >= 15 is 4.39 Å². The maximum absolute atomic E-state index is 15.0. The van der Waals surface area contributed by atoms with Crippen LogP contribution in [0.5, 0.6) is 0 Å². The minimum atomic E-state index is -3.83. The number of rotatable bonds is 7. The summed E-state index contributed by atoms with van der Waals surface area (Å²) in [5, 5.41) is 8.61. The smallest absolute Gasteiger partial charge is 0.232 e. The molecule has 0 atom stereocenters. The van der Waals surface area contributed by atoms with Crippen LogP contribution in [0.3, 0.4) is 0 Å². The average molecular weight is 463 g/mol. The molecule has 0 fully saturated rings. The maximum Gasteiger partial charge on any atom is 0.232 e. The van der Waals surface area contributed by atoms with Crippen LogP contribution in [0.1, 0.15) is 29.3 Å². The van der Waals surface area contributed by atoms with Gasteiger partial charge < -0.3 is 4.98 Å². The van der Waals surface area contributed by atoms with Crippen molar-refractivity contribution in [2.75, 3.05) is 10.5 Å². The highest BCUT2D eigenvalue weighted by molar-refractivity contribution is 7.92. The number of hydrogen-bond acceptors (Lipinski definition) is 7. The van der Waals surface area contributed by atoms with Gasteiger partial charge in [-0.05, 0) is 24.6 Å².